The minimum atomic E-state index is -2.86. The van der Waals surface area contributed by atoms with Crippen molar-refractivity contribution in [2.45, 2.75) is 13.3 Å². The molecule has 0 fully saturated rings. The standard InChI is InChI=1S/C9H7F3INO2/c1-2-16-9(15)5-3-4(7(10)11)6(13)8(12)14-5/h3,7H,2H2,1H3. The number of nitrogens with zero attached hydrogens (tertiary/aromatic N) is 1. The molecular formula is C9H7F3INO2. The summed E-state index contributed by atoms with van der Waals surface area (Å²) < 4.78 is 42.4. The van der Waals surface area contributed by atoms with Crippen molar-refractivity contribution in [2.75, 3.05) is 6.61 Å². The maximum atomic E-state index is 13.1. The molecule has 1 aromatic heterocycles. The van der Waals surface area contributed by atoms with Gasteiger partial charge in [0, 0.05) is 5.56 Å². The van der Waals surface area contributed by atoms with Gasteiger partial charge in [0.1, 0.15) is 0 Å². The number of ether oxygens (including phenoxy) is 1. The first-order chi connectivity index (χ1) is 7.47. The molecule has 0 atom stereocenters. The van der Waals surface area contributed by atoms with E-state index in [1.807, 2.05) is 0 Å². The largest absolute Gasteiger partial charge is 0.461 e. The molecule has 0 unspecified atom stereocenters. The summed E-state index contributed by atoms with van der Waals surface area (Å²) in [6.07, 6.45) is -2.86. The predicted molar refractivity (Wildman–Crippen MR) is 57.8 cm³/mol. The van der Waals surface area contributed by atoms with Crippen LogP contribution in [0.2, 0.25) is 0 Å². The zero-order chi connectivity index (χ0) is 12.3. The zero-order valence-corrected chi connectivity index (χ0v) is 10.3. The van der Waals surface area contributed by atoms with Crippen molar-refractivity contribution in [3.63, 3.8) is 0 Å². The van der Waals surface area contributed by atoms with E-state index >= 15 is 0 Å². The van der Waals surface area contributed by atoms with Crippen molar-refractivity contribution < 1.29 is 22.7 Å². The molecular weight excluding hydrogens is 338 g/mol. The number of halogens is 4. The second kappa shape index (κ2) is 5.46. The second-order valence-corrected chi connectivity index (χ2v) is 3.80. The lowest BCUT2D eigenvalue weighted by Gasteiger charge is -2.06. The van der Waals surface area contributed by atoms with Crippen LogP contribution in [-0.2, 0) is 4.74 Å². The molecule has 0 bridgehead atoms. The summed E-state index contributed by atoms with van der Waals surface area (Å²) in [5.41, 5.74) is -1.01. The van der Waals surface area contributed by atoms with Crippen LogP contribution in [0, 0.1) is 9.52 Å². The highest BCUT2D eigenvalue weighted by molar-refractivity contribution is 14.1. The topological polar surface area (TPSA) is 39.2 Å². The lowest BCUT2D eigenvalue weighted by atomic mass is 10.2. The van der Waals surface area contributed by atoms with Crippen LogP contribution in [0.1, 0.15) is 29.4 Å². The molecule has 0 spiro atoms. The molecule has 0 saturated heterocycles. The molecule has 88 valence electrons. The summed E-state index contributed by atoms with van der Waals surface area (Å²) in [7, 11) is 0. The molecule has 3 nitrogen and oxygen atoms in total. The Kier molecular flexibility index (Phi) is 4.51. The molecule has 7 heteroatoms. The Morgan fingerprint density at radius 3 is 2.75 bits per heavy atom. The Morgan fingerprint density at radius 1 is 1.62 bits per heavy atom. The summed E-state index contributed by atoms with van der Waals surface area (Å²) >= 11 is 1.41. The fourth-order valence-corrected chi connectivity index (χ4v) is 1.50. The first-order valence-electron chi connectivity index (χ1n) is 4.28. The van der Waals surface area contributed by atoms with Crippen LogP contribution in [0.15, 0.2) is 6.07 Å². The van der Waals surface area contributed by atoms with E-state index in [9.17, 15) is 18.0 Å². The third kappa shape index (κ3) is 2.83. The number of carbonyl (C=O) groups is 1. The number of hydrogen-bond donors (Lipinski definition) is 0. The minimum absolute atomic E-state index is 0.0676. The molecule has 0 saturated carbocycles. The van der Waals surface area contributed by atoms with Crippen molar-refractivity contribution in [1.82, 2.24) is 4.98 Å². The Morgan fingerprint density at radius 2 is 2.25 bits per heavy atom. The lowest BCUT2D eigenvalue weighted by molar-refractivity contribution is 0.0517. The Labute approximate surface area is 103 Å². The summed E-state index contributed by atoms with van der Waals surface area (Å²) in [5.74, 6) is -2.01. The third-order valence-electron chi connectivity index (χ3n) is 1.67. The van der Waals surface area contributed by atoms with Gasteiger partial charge in [-0.3, -0.25) is 0 Å². The summed E-state index contributed by atoms with van der Waals surface area (Å²) in [5, 5.41) is 0. The van der Waals surface area contributed by atoms with Crippen LogP contribution < -0.4 is 0 Å². The molecule has 16 heavy (non-hydrogen) atoms. The molecule has 1 aromatic rings. The van der Waals surface area contributed by atoms with Crippen LogP contribution in [0.4, 0.5) is 13.2 Å². The molecule has 0 radical (unpaired) electrons. The van der Waals surface area contributed by atoms with Gasteiger partial charge in [-0.05, 0) is 35.6 Å². The van der Waals surface area contributed by atoms with Gasteiger partial charge in [-0.15, -0.1) is 0 Å². The SMILES string of the molecule is CCOC(=O)c1cc(C(F)F)c(I)c(F)n1. The highest BCUT2D eigenvalue weighted by Crippen LogP contribution is 2.26. The summed E-state index contributed by atoms with van der Waals surface area (Å²) in [6.45, 7) is 1.62. The Balaban J connectivity index is 3.18. The van der Waals surface area contributed by atoms with Crippen molar-refractivity contribution in [3.8, 4) is 0 Å². The molecule has 0 aromatic carbocycles. The predicted octanol–water partition coefficient (Wildman–Crippen LogP) is 2.94. The average Bonchev–Trinajstić information content (AvgIpc) is 2.21. The van der Waals surface area contributed by atoms with Gasteiger partial charge in [0.25, 0.3) is 6.43 Å². The monoisotopic (exact) mass is 345 g/mol. The number of esters is 1. The molecule has 0 aliphatic rings. The van der Waals surface area contributed by atoms with Gasteiger partial charge in [-0.2, -0.15) is 4.39 Å². The average molecular weight is 345 g/mol. The quantitative estimate of drug-likeness (QED) is 0.480. The Hall–Kier alpha value is -0.860. The molecule has 0 aliphatic heterocycles. The van der Waals surface area contributed by atoms with Crippen molar-refractivity contribution in [1.29, 1.82) is 0 Å². The van der Waals surface area contributed by atoms with Gasteiger partial charge in [-0.25, -0.2) is 18.6 Å². The van der Waals surface area contributed by atoms with Crippen molar-refractivity contribution in [3.05, 3.63) is 26.8 Å². The van der Waals surface area contributed by atoms with Gasteiger partial charge in [0.05, 0.1) is 10.2 Å². The Bertz CT molecular complexity index is 412. The van der Waals surface area contributed by atoms with Crippen LogP contribution in [0.25, 0.3) is 0 Å². The van der Waals surface area contributed by atoms with Gasteiger partial charge in [0.2, 0.25) is 5.95 Å². The molecule has 0 N–H and O–H groups in total. The fraction of sp³-hybridized carbons (Fsp3) is 0.333. The normalized spacial score (nSPS) is 10.6. The van der Waals surface area contributed by atoms with Crippen molar-refractivity contribution >= 4 is 28.6 Å². The van der Waals surface area contributed by atoms with E-state index in [1.165, 1.54) is 22.6 Å². The van der Waals surface area contributed by atoms with E-state index in [0.717, 1.165) is 6.07 Å². The summed E-state index contributed by atoms with van der Waals surface area (Å²) in [4.78, 5) is 14.4. The number of hydrogen-bond acceptors (Lipinski definition) is 3. The van der Waals surface area contributed by atoms with E-state index in [2.05, 4.69) is 9.72 Å². The van der Waals surface area contributed by atoms with E-state index in [1.54, 1.807) is 6.92 Å². The minimum Gasteiger partial charge on any atom is -0.461 e. The second-order valence-electron chi connectivity index (χ2n) is 2.72. The van der Waals surface area contributed by atoms with E-state index in [-0.39, 0.29) is 10.2 Å². The highest BCUT2D eigenvalue weighted by Gasteiger charge is 2.20. The number of alkyl halides is 2. The highest BCUT2D eigenvalue weighted by atomic mass is 127. The smallest absolute Gasteiger partial charge is 0.357 e. The molecule has 1 heterocycles. The number of pyridine rings is 1. The van der Waals surface area contributed by atoms with Crippen LogP contribution in [0.3, 0.4) is 0 Å². The van der Waals surface area contributed by atoms with Crippen LogP contribution in [-0.4, -0.2) is 17.6 Å². The fourth-order valence-electron chi connectivity index (χ4n) is 0.985. The number of carbonyl (C=O) groups excluding carboxylic acids is 1. The first kappa shape index (κ1) is 13.2. The third-order valence-corrected chi connectivity index (χ3v) is 2.73. The van der Waals surface area contributed by atoms with Crippen molar-refractivity contribution in [2.24, 2.45) is 0 Å². The molecule has 0 aliphatic carbocycles. The maximum absolute atomic E-state index is 13.1. The van der Waals surface area contributed by atoms with E-state index in [4.69, 9.17) is 0 Å². The van der Waals surface area contributed by atoms with E-state index in [0.29, 0.717) is 0 Å². The van der Waals surface area contributed by atoms with Crippen LogP contribution in [0.5, 0.6) is 0 Å². The molecule has 0 amide bonds. The van der Waals surface area contributed by atoms with E-state index < -0.39 is 29.6 Å². The van der Waals surface area contributed by atoms with Crippen LogP contribution >= 0.6 is 22.6 Å². The zero-order valence-electron chi connectivity index (χ0n) is 8.14. The lowest BCUT2D eigenvalue weighted by Crippen LogP contribution is -2.10. The number of aromatic nitrogens is 1. The number of rotatable bonds is 3. The summed E-state index contributed by atoms with van der Waals surface area (Å²) in [6, 6.07) is 0.841. The molecule has 1 rings (SSSR count). The van der Waals surface area contributed by atoms with Gasteiger partial charge >= 0.3 is 5.97 Å². The van der Waals surface area contributed by atoms with Gasteiger partial charge in [0.15, 0.2) is 5.69 Å². The van der Waals surface area contributed by atoms with Gasteiger partial charge < -0.3 is 4.74 Å². The van der Waals surface area contributed by atoms with Gasteiger partial charge in [-0.1, -0.05) is 0 Å². The maximum Gasteiger partial charge on any atom is 0.357 e. The first-order valence-corrected chi connectivity index (χ1v) is 5.36.